The first kappa shape index (κ1) is 40.3. The molecule has 9 rings (SSSR count). The van der Waals surface area contributed by atoms with Crippen LogP contribution in [0, 0.1) is 11.6 Å². The SMILES string of the molecule is CN1CCCN(Cc2ccc(F)cc2)P12=NP(N1CCCC1)(N1CCCC1)=NP1(=NP(N3CCCC3)(N3CCCC3)=N2)N(C)CCCN1Cc1ccc(F)cc1. The van der Waals surface area contributed by atoms with Gasteiger partial charge in [0, 0.05) is 91.6 Å². The number of benzene rings is 2. The summed E-state index contributed by atoms with van der Waals surface area (Å²) in [6, 6.07) is 14.2. The summed E-state index contributed by atoms with van der Waals surface area (Å²) in [6.45, 7) is 12.9. The van der Waals surface area contributed by atoms with Crippen molar-refractivity contribution in [3.8, 4) is 0 Å². The normalized spacial score (nSPS) is 31.6. The molecule has 2 aromatic rings. The molecule has 7 heterocycles. The lowest BCUT2D eigenvalue weighted by atomic mass is 10.2. The number of nitrogens with zero attached hydrogens (tertiary/aromatic N) is 12. The third-order valence-corrected chi connectivity index (χ3v) is 29.6. The molecule has 308 valence electrons. The first-order valence-corrected chi connectivity index (χ1v) is 27.6. The minimum absolute atomic E-state index is 0.205. The van der Waals surface area contributed by atoms with Gasteiger partial charge in [0.15, 0.2) is 0 Å². The number of halogens is 2. The Morgan fingerprint density at radius 3 is 0.982 bits per heavy atom. The maximum atomic E-state index is 14.3. The Labute approximate surface area is 334 Å². The zero-order chi connectivity index (χ0) is 38.4. The predicted molar refractivity (Wildman–Crippen MR) is 229 cm³/mol. The van der Waals surface area contributed by atoms with Crippen molar-refractivity contribution >= 4 is 30.0 Å². The minimum Gasteiger partial charge on any atom is -0.243 e. The lowest BCUT2D eigenvalue weighted by Gasteiger charge is -2.53. The van der Waals surface area contributed by atoms with Gasteiger partial charge in [0.05, 0.1) is 0 Å². The fourth-order valence-corrected chi connectivity index (χ4v) is 31.6. The Balaban J connectivity index is 1.40. The van der Waals surface area contributed by atoms with Crippen molar-refractivity contribution in [1.82, 2.24) is 37.4 Å². The summed E-state index contributed by atoms with van der Waals surface area (Å²) in [6.07, 6.45) is 11.2. The Morgan fingerprint density at radius 2 is 0.679 bits per heavy atom. The predicted octanol–water partition coefficient (Wildman–Crippen LogP) is 10.1. The van der Waals surface area contributed by atoms with Crippen LogP contribution in [0.4, 0.5) is 8.78 Å². The lowest BCUT2D eigenvalue weighted by Crippen LogP contribution is -2.40. The van der Waals surface area contributed by atoms with Crippen LogP contribution >= 0.6 is 30.0 Å². The van der Waals surface area contributed by atoms with Gasteiger partial charge in [0.2, 0.25) is 30.0 Å². The molecular formula is C38H62F2N12P4. The topological polar surface area (TPSA) is 75.4 Å². The maximum absolute atomic E-state index is 14.3. The molecule has 0 saturated carbocycles. The van der Waals surface area contributed by atoms with E-state index in [0.29, 0.717) is 13.1 Å². The van der Waals surface area contributed by atoms with Crippen LogP contribution in [0.1, 0.15) is 75.3 Å². The minimum atomic E-state index is -2.86. The third-order valence-electron chi connectivity index (χ3n) is 12.8. The fourth-order valence-electron chi connectivity index (χ4n) is 9.78. The maximum Gasteiger partial charge on any atom is 0.221 e. The van der Waals surface area contributed by atoms with Crippen LogP contribution in [0.2, 0.25) is 0 Å². The highest BCUT2D eigenvalue weighted by atomic mass is 31.3. The number of rotatable bonds is 8. The molecule has 2 unspecified atom stereocenters. The third kappa shape index (κ3) is 7.39. The van der Waals surface area contributed by atoms with Gasteiger partial charge in [-0.2, -0.15) is 18.1 Å². The molecule has 56 heavy (non-hydrogen) atoms. The van der Waals surface area contributed by atoms with Gasteiger partial charge in [-0.3, -0.25) is 0 Å². The van der Waals surface area contributed by atoms with Crippen LogP contribution in [0.15, 0.2) is 66.6 Å². The number of hydrogen-bond acceptors (Lipinski definition) is 12. The van der Waals surface area contributed by atoms with Crippen molar-refractivity contribution in [3.63, 3.8) is 0 Å². The molecule has 6 saturated heterocycles. The monoisotopic (exact) mass is 848 g/mol. The van der Waals surface area contributed by atoms with Crippen molar-refractivity contribution in [2.45, 2.75) is 77.3 Å². The molecule has 2 atom stereocenters. The molecule has 18 heteroatoms. The van der Waals surface area contributed by atoms with E-state index in [1.54, 1.807) is 24.3 Å². The van der Waals surface area contributed by atoms with Gasteiger partial charge in [-0.1, -0.05) is 24.3 Å². The second-order valence-corrected chi connectivity index (χ2v) is 28.6. The quantitative estimate of drug-likeness (QED) is 0.243. The van der Waals surface area contributed by atoms with Gasteiger partial charge in [0.1, 0.15) is 11.6 Å². The molecule has 0 bridgehead atoms. The smallest absolute Gasteiger partial charge is 0.221 e. The first-order valence-electron chi connectivity index (χ1n) is 21.2. The molecular weight excluding hydrogens is 786 g/mol. The largest absolute Gasteiger partial charge is 0.243 e. The summed E-state index contributed by atoms with van der Waals surface area (Å²) in [4.78, 5) is 0. The lowest BCUT2D eigenvalue weighted by molar-refractivity contribution is 0.329. The average Bonchev–Trinajstić information content (AvgIpc) is 4.05. The van der Waals surface area contributed by atoms with Crippen LogP contribution in [-0.2, 0) is 13.1 Å². The van der Waals surface area contributed by atoms with E-state index in [4.69, 9.17) is 18.1 Å². The van der Waals surface area contributed by atoms with Crippen LogP contribution < -0.4 is 0 Å². The van der Waals surface area contributed by atoms with Crippen LogP contribution in [-0.4, -0.2) is 130 Å². The van der Waals surface area contributed by atoms with E-state index in [0.717, 1.165) is 154 Å². The van der Waals surface area contributed by atoms with E-state index in [1.807, 2.05) is 24.3 Å². The fraction of sp³-hybridized carbons (Fsp3) is 0.684. The second-order valence-electron chi connectivity index (χ2n) is 16.6. The zero-order valence-electron chi connectivity index (χ0n) is 33.5. The van der Waals surface area contributed by atoms with Gasteiger partial charge < -0.3 is 0 Å². The summed E-state index contributed by atoms with van der Waals surface area (Å²) in [5.74, 6) is -0.409. The summed E-state index contributed by atoms with van der Waals surface area (Å²) in [5, 5.41) is 0. The zero-order valence-corrected chi connectivity index (χ0v) is 37.1. The van der Waals surface area contributed by atoms with Gasteiger partial charge in [-0.25, -0.2) is 46.1 Å². The van der Waals surface area contributed by atoms with Crippen molar-refractivity contribution in [1.29, 1.82) is 0 Å². The Morgan fingerprint density at radius 1 is 0.393 bits per heavy atom. The second kappa shape index (κ2) is 16.7. The summed E-state index contributed by atoms with van der Waals surface area (Å²) < 4.78 is 76.5. The van der Waals surface area contributed by atoms with E-state index >= 15 is 0 Å². The molecule has 6 fully saturated rings. The van der Waals surface area contributed by atoms with Gasteiger partial charge in [-0.05, 0) is 114 Å². The molecule has 0 aliphatic carbocycles. The highest BCUT2D eigenvalue weighted by Gasteiger charge is 2.53. The standard InChI is InChI=1S/C38H62F2N12P4/c1-45-21-11-31-51(33-35-13-17-37(39)18-14-35)53(45)41-55(47-23-3-4-24-47,48-25-5-6-26-48)43-54(44-56(42-53,49-27-7-8-28-49)50-29-9-10-30-50)46(2)22-12-32-52(54)34-36-15-19-38(40)20-16-36/h13-20H,3-12,21-34H2,1-2H3. The Bertz CT molecular complexity index is 1760. The molecule has 0 N–H and O–H groups in total. The van der Waals surface area contributed by atoms with Crippen molar-refractivity contribution < 1.29 is 8.78 Å². The van der Waals surface area contributed by atoms with E-state index in [9.17, 15) is 8.78 Å². The van der Waals surface area contributed by atoms with Crippen molar-refractivity contribution in [2.75, 3.05) is 92.6 Å². The average molecular weight is 849 g/mol. The molecule has 7 aliphatic rings. The Kier molecular flexibility index (Phi) is 12.1. The number of hydrogen-bond donors (Lipinski definition) is 0. The summed E-state index contributed by atoms with van der Waals surface area (Å²) >= 11 is 0. The van der Waals surface area contributed by atoms with Crippen LogP contribution in [0.5, 0.6) is 0 Å². The van der Waals surface area contributed by atoms with E-state index < -0.39 is 30.0 Å². The summed E-state index contributed by atoms with van der Waals surface area (Å²) in [5.41, 5.74) is 2.20. The highest BCUT2D eigenvalue weighted by molar-refractivity contribution is 7.83. The highest BCUT2D eigenvalue weighted by Crippen LogP contribution is 2.85. The molecule has 0 radical (unpaired) electrons. The molecule has 0 aromatic heterocycles. The molecule has 7 aliphatic heterocycles. The van der Waals surface area contributed by atoms with E-state index in [-0.39, 0.29) is 11.6 Å². The Hall–Kier alpha value is -1.10. The first-order chi connectivity index (χ1) is 27.2. The molecule has 2 spiro atoms. The molecule has 2 aromatic carbocycles. The van der Waals surface area contributed by atoms with Crippen molar-refractivity contribution in [3.05, 3.63) is 71.3 Å². The van der Waals surface area contributed by atoms with Gasteiger partial charge >= 0.3 is 0 Å². The van der Waals surface area contributed by atoms with Crippen LogP contribution in [0.25, 0.3) is 0 Å². The van der Waals surface area contributed by atoms with E-state index in [2.05, 4.69) is 51.5 Å². The van der Waals surface area contributed by atoms with Gasteiger partial charge in [0.25, 0.3) is 0 Å². The van der Waals surface area contributed by atoms with Crippen LogP contribution in [0.3, 0.4) is 0 Å². The van der Waals surface area contributed by atoms with Gasteiger partial charge in [-0.15, -0.1) is 0 Å². The molecule has 0 amide bonds. The molecule has 12 nitrogen and oxygen atoms in total. The summed E-state index contributed by atoms with van der Waals surface area (Å²) in [7, 11) is -6.72. The van der Waals surface area contributed by atoms with E-state index in [1.165, 1.54) is 0 Å². The van der Waals surface area contributed by atoms with Crippen molar-refractivity contribution in [2.24, 2.45) is 18.1 Å².